The molecule has 0 bridgehead atoms. The summed E-state index contributed by atoms with van der Waals surface area (Å²) in [6, 6.07) is 13.4. The van der Waals surface area contributed by atoms with Crippen LogP contribution in [0, 0.1) is 11.8 Å². The van der Waals surface area contributed by atoms with E-state index in [9.17, 15) is 34.5 Å². The molecule has 3 aliphatic rings. The molecule has 3 saturated heterocycles. The van der Waals surface area contributed by atoms with Crippen LogP contribution in [0.25, 0.3) is 16.8 Å². The second-order valence-corrected chi connectivity index (χ2v) is 19.9. The molecule has 0 amide bonds. The summed E-state index contributed by atoms with van der Waals surface area (Å²) in [5.74, 6) is -2.79. The van der Waals surface area contributed by atoms with E-state index in [-0.39, 0.29) is 38.0 Å². The second kappa shape index (κ2) is 26.7. The van der Waals surface area contributed by atoms with E-state index in [2.05, 4.69) is 18.2 Å². The van der Waals surface area contributed by atoms with E-state index in [1.165, 1.54) is 7.11 Å². The lowest BCUT2D eigenvalue weighted by molar-refractivity contribution is -0.344. The highest BCUT2D eigenvalue weighted by molar-refractivity contribution is 5.90. The molecule has 3 aliphatic heterocycles. The Hall–Kier alpha value is -3.88. The number of hydrogen-bond donors (Lipinski definition) is 3. The Morgan fingerprint density at radius 1 is 0.929 bits per heavy atom. The van der Waals surface area contributed by atoms with Crippen LogP contribution in [0.15, 0.2) is 48.5 Å². The molecule has 0 radical (unpaired) electrons. The van der Waals surface area contributed by atoms with Gasteiger partial charge in [0.25, 0.3) is 0 Å². The standard InChI is InChI=1S/C53H80N2O15/c1-11-42(58)67-41-29-44(60)66-38(22-16-21-36-20-15-19-35-18-13-14-24-39(35)36)23-17-26-55(9)31-40(57)32(3)28-37(25-27-56)49(50(41)63-10)70-52-47(61)46(54(7)8)48(33(4)65-52)69-45-30-53(6,62)51(34(5)64-45)68-43(59)12-2/h13-16,18-21,24,27,32-34,37-38,40-41,45-52,57,61-62H,11-12,17,22-23,25-26,28-31H2,1-10H3/t32-,33?,34?,37+,38+,40+,41-,45+,46?,47?,48-,49+,50+,51+,52+,53?/m1/s1. The Morgan fingerprint density at radius 3 is 2.30 bits per heavy atom. The topological polar surface area (TPSA) is 209 Å². The van der Waals surface area contributed by atoms with Crippen LogP contribution >= 0.6 is 0 Å². The van der Waals surface area contributed by atoms with Gasteiger partial charge in [0.05, 0.1) is 36.9 Å². The molecule has 3 fully saturated rings. The number of benzene rings is 2. The Kier molecular flexibility index (Phi) is 21.8. The first-order chi connectivity index (χ1) is 33.3. The van der Waals surface area contributed by atoms with Crippen molar-refractivity contribution in [3.05, 3.63) is 54.1 Å². The third kappa shape index (κ3) is 15.3. The van der Waals surface area contributed by atoms with Gasteiger partial charge >= 0.3 is 17.9 Å². The molecule has 70 heavy (non-hydrogen) atoms. The molecule has 3 N–H and O–H groups in total. The number of aldehydes is 1. The van der Waals surface area contributed by atoms with Gasteiger partial charge in [-0.3, -0.25) is 14.4 Å². The molecule has 0 spiro atoms. The molecule has 3 heterocycles. The molecule has 392 valence electrons. The summed E-state index contributed by atoms with van der Waals surface area (Å²) >= 11 is 0. The Labute approximate surface area is 414 Å². The zero-order valence-electron chi connectivity index (χ0n) is 42.8. The quantitative estimate of drug-likeness (QED) is 0.119. The predicted octanol–water partition coefficient (Wildman–Crippen LogP) is 5.21. The Balaban J connectivity index is 1.45. The van der Waals surface area contributed by atoms with Crippen molar-refractivity contribution >= 4 is 41.0 Å². The number of methoxy groups -OCH3 is 1. The summed E-state index contributed by atoms with van der Waals surface area (Å²) in [4.78, 5) is 56.0. The van der Waals surface area contributed by atoms with Crippen LogP contribution in [0.4, 0.5) is 0 Å². The van der Waals surface area contributed by atoms with E-state index in [1.54, 1.807) is 53.6 Å². The van der Waals surface area contributed by atoms with Crippen molar-refractivity contribution < 1.29 is 72.4 Å². The van der Waals surface area contributed by atoms with Crippen molar-refractivity contribution in [2.75, 3.05) is 41.3 Å². The molecular formula is C53H80N2O15. The number of esters is 3. The van der Waals surface area contributed by atoms with Crippen molar-refractivity contribution in [1.82, 2.24) is 9.80 Å². The molecule has 16 atom stereocenters. The van der Waals surface area contributed by atoms with Gasteiger partial charge in [-0.25, -0.2) is 0 Å². The third-order valence-electron chi connectivity index (χ3n) is 14.0. The monoisotopic (exact) mass is 985 g/mol. The van der Waals surface area contributed by atoms with E-state index >= 15 is 0 Å². The van der Waals surface area contributed by atoms with Gasteiger partial charge in [-0.2, -0.15) is 0 Å². The number of rotatable bonds is 15. The van der Waals surface area contributed by atoms with Crippen molar-refractivity contribution in [1.29, 1.82) is 0 Å². The highest BCUT2D eigenvalue weighted by Gasteiger charge is 2.53. The first-order valence-corrected chi connectivity index (χ1v) is 25.0. The lowest BCUT2D eigenvalue weighted by Gasteiger charge is -2.50. The average molecular weight is 985 g/mol. The van der Waals surface area contributed by atoms with E-state index in [0.717, 1.165) is 22.6 Å². The molecule has 2 aromatic carbocycles. The molecule has 0 aromatic heterocycles. The summed E-state index contributed by atoms with van der Waals surface area (Å²) in [5.41, 5.74) is -0.475. The first-order valence-electron chi connectivity index (χ1n) is 25.0. The van der Waals surface area contributed by atoms with Crippen LogP contribution in [0.5, 0.6) is 0 Å². The number of carbonyl (C=O) groups excluding carboxylic acids is 4. The van der Waals surface area contributed by atoms with E-state index < -0.39 is 116 Å². The maximum Gasteiger partial charge on any atom is 0.309 e. The maximum atomic E-state index is 14.2. The normalized spacial score (nSPS) is 35.6. The van der Waals surface area contributed by atoms with Crippen LogP contribution in [0.1, 0.15) is 105 Å². The maximum absolute atomic E-state index is 14.2. The number of fused-ring (bicyclic) bond motifs is 1. The summed E-state index contributed by atoms with van der Waals surface area (Å²) < 4.78 is 49.9. The molecular weight excluding hydrogens is 905 g/mol. The molecule has 17 heteroatoms. The number of carbonyl (C=O) groups is 4. The summed E-state index contributed by atoms with van der Waals surface area (Å²) in [7, 11) is 6.84. The molecule has 5 rings (SSSR count). The van der Waals surface area contributed by atoms with E-state index in [1.807, 2.05) is 55.3 Å². The highest BCUT2D eigenvalue weighted by Crippen LogP contribution is 2.38. The van der Waals surface area contributed by atoms with Gasteiger partial charge in [0, 0.05) is 45.8 Å². The Morgan fingerprint density at radius 2 is 1.63 bits per heavy atom. The largest absolute Gasteiger partial charge is 0.462 e. The molecule has 17 nitrogen and oxygen atoms in total. The van der Waals surface area contributed by atoms with Gasteiger partial charge in [0.15, 0.2) is 18.7 Å². The number of aliphatic hydroxyl groups is 3. The van der Waals surface area contributed by atoms with Gasteiger partial charge in [-0.05, 0) is 95.9 Å². The first kappa shape index (κ1) is 57.0. The zero-order chi connectivity index (χ0) is 51.3. The molecule has 0 saturated carbocycles. The fourth-order valence-corrected chi connectivity index (χ4v) is 10.2. The molecule has 2 aromatic rings. The van der Waals surface area contributed by atoms with Crippen molar-refractivity contribution in [3.63, 3.8) is 0 Å². The zero-order valence-corrected chi connectivity index (χ0v) is 42.8. The summed E-state index contributed by atoms with van der Waals surface area (Å²) in [6.07, 6.45) is -5.86. The average Bonchev–Trinajstić information content (AvgIpc) is 3.30. The summed E-state index contributed by atoms with van der Waals surface area (Å²) in [5, 5.41) is 37.6. The van der Waals surface area contributed by atoms with Crippen LogP contribution in [0.2, 0.25) is 0 Å². The minimum absolute atomic E-state index is 0.0130. The minimum Gasteiger partial charge on any atom is -0.462 e. The van der Waals surface area contributed by atoms with Gasteiger partial charge in [0.1, 0.15) is 42.4 Å². The fourth-order valence-electron chi connectivity index (χ4n) is 10.2. The highest BCUT2D eigenvalue weighted by atomic mass is 16.7. The van der Waals surface area contributed by atoms with Crippen molar-refractivity contribution in [2.45, 2.75) is 185 Å². The molecule has 5 unspecified atom stereocenters. The van der Waals surface area contributed by atoms with Gasteiger partial charge in [-0.15, -0.1) is 0 Å². The van der Waals surface area contributed by atoms with Crippen LogP contribution in [-0.2, 0) is 57.1 Å². The minimum atomic E-state index is -1.50. The van der Waals surface area contributed by atoms with Crippen LogP contribution in [0.3, 0.4) is 0 Å². The third-order valence-corrected chi connectivity index (χ3v) is 14.0. The number of likely N-dealkylation sites (N-methyl/N-ethyl adjacent to an activating group) is 2. The lowest BCUT2D eigenvalue weighted by Crippen LogP contribution is -2.66. The number of aliphatic hydroxyl groups excluding tert-OH is 2. The van der Waals surface area contributed by atoms with Gasteiger partial charge in [0.2, 0.25) is 0 Å². The number of β-amino-alcohol motifs (C(OH)–C–C–N with tert-alkyl or cyclic N) is 1. The van der Waals surface area contributed by atoms with Gasteiger partial charge in [-0.1, -0.05) is 75.4 Å². The second-order valence-electron chi connectivity index (χ2n) is 19.9. The fraction of sp³-hybridized carbons (Fsp3) is 0.698. The number of nitrogens with zero attached hydrogens (tertiary/aromatic N) is 2. The van der Waals surface area contributed by atoms with E-state index in [4.69, 9.17) is 37.9 Å². The van der Waals surface area contributed by atoms with Crippen molar-refractivity contribution in [3.8, 4) is 0 Å². The van der Waals surface area contributed by atoms with Crippen LogP contribution < -0.4 is 0 Å². The Bertz CT molecular complexity index is 2010. The molecule has 0 aliphatic carbocycles. The van der Waals surface area contributed by atoms with Crippen LogP contribution in [-0.4, -0.2) is 176 Å². The SMILES string of the molecule is CCC(=O)O[C@@H]1CC(=O)O[C@@H](CC=Cc2cccc3ccccc23)CCCN(C)C[C@H](O)[C@H](C)C[C@H](CC=O)[C@H](O[C@@H]2OC(C)[C@@H](O[C@H]3CC(C)(O)[C@@H](OC(=O)CC)C(C)O3)C(N(C)C)C2O)[C@H]1OC. The smallest absolute Gasteiger partial charge is 0.309 e. The number of cyclic esters (lactones) is 1. The predicted molar refractivity (Wildman–Crippen MR) is 261 cm³/mol. The van der Waals surface area contributed by atoms with E-state index in [0.29, 0.717) is 32.4 Å². The lowest BCUT2D eigenvalue weighted by atomic mass is 9.82. The van der Waals surface area contributed by atoms with Crippen molar-refractivity contribution in [2.24, 2.45) is 11.8 Å². The summed E-state index contributed by atoms with van der Waals surface area (Å²) in [6.45, 7) is 11.1. The number of hydrogen-bond acceptors (Lipinski definition) is 17. The van der Waals surface area contributed by atoms with Gasteiger partial charge < -0.3 is 67.8 Å². The number of ether oxygens (including phenoxy) is 8.